The number of para-hydroxylation sites is 1. The van der Waals surface area contributed by atoms with Gasteiger partial charge in [-0.05, 0) is 18.6 Å². The molecular weight excluding hydrogens is 248 g/mol. The molecule has 1 aromatic rings. The first kappa shape index (κ1) is 14.7. The van der Waals surface area contributed by atoms with E-state index < -0.39 is 0 Å². The van der Waals surface area contributed by atoms with Crippen LogP contribution in [0.1, 0.15) is 19.8 Å². The van der Waals surface area contributed by atoms with Crippen molar-refractivity contribution in [2.24, 2.45) is 4.99 Å². The third-order valence-electron chi connectivity index (χ3n) is 3.73. The summed E-state index contributed by atoms with van der Waals surface area (Å²) in [7, 11) is 1.87. The fraction of sp³-hybridized carbons (Fsp3) is 0.562. The molecule has 20 heavy (non-hydrogen) atoms. The number of aliphatic imine (C=N–C) groups is 1. The molecule has 1 saturated heterocycles. The zero-order valence-electron chi connectivity index (χ0n) is 12.7. The maximum absolute atomic E-state index is 4.39. The zero-order chi connectivity index (χ0) is 14.2. The maximum Gasteiger partial charge on any atom is 0.193 e. The zero-order valence-corrected chi connectivity index (χ0v) is 12.7. The van der Waals surface area contributed by atoms with Crippen molar-refractivity contribution in [3.05, 3.63) is 30.3 Å². The molecule has 4 heteroatoms. The summed E-state index contributed by atoms with van der Waals surface area (Å²) >= 11 is 0. The van der Waals surface area contributed by atoms with Crippen LogP contribution in [0, 0.1) is 0 Å². The standard InChI is InChI=1S/C16H26N4/c1-3-4-10-18-16(17-2)20-13-11-19(12-14-20)15-8-6-5-7-9-15/h5-9H,3-4,10-14H2,1-2H3,(H,17,18). The van der Waals surface area contributed by atoms with Gasteiger partial charge in [-0.2, -0.15) is 0 Å². The van der Waals surface area contributed by atoms with Crippen LogP contribution in [-0.2, 0) is 0 Å². The molecule has 1 N–H and O–H groups in total. The summed E-state index contributed by atoms with van der Waals surface area (Å²) in [6, 6.07) is 10.6. The lowest BCUT2D eigenvalue weighted by atomic mass is 10.2. The van der Waals surface area contributed by atoms with Crippen LogP contribution in [0.5, 0.6) is 0 Å². The van der Waals surface area contributed by atoms with Gasteiger partial charge in [-0.15, -0.1) is 0 Å². The Balaban J connectivity index is 1.84. The summed E-state index contributed by atoms with van der Waals surface area (Å²) < 4.78 is 0. The summed E-state index contributed by atoms with van der Waals surface area (Å²) in [6.45, 7) is 7.39. The molecule has 0 unspecified atom stereocenters. The molecular formula is C16H26N4. The van der Waals surface area contributed by atoms with E-state index in [1.807, 2.05) is 7.05 Å². The van der Waals surface area contributed by atoms with Gasteiger partial charge in [0.15, 0.2) is 5.96 Å². The lowest BCUT2D eigenvalue weighted by Crippen LogP contribution is -2.52. The highest BCUT2D eigenvalue weighted by Crippen LogP contribution is 2.15. The van der Waals surface area contributed by atoms with Gasteiger partial charge in [0.25, 0.3) is 0 Å². The number of benzene rings is 1. The minimum atomic E-state index is 1.02. The fourth-order valence-electron chi connectivity index (χ4n) is 2.52. The second-order valence-electron chi connectivity index (χ2n) is 5.14. The lowest BCUT2D eigenvalue weighted by molar-refractivity contribution is 0.372. The summed E-state index contributed by atoms with van der Waals surface area (Å²) in [4.78, 5) is 9.19. The van der Waals surface area contributed by atoms with Crippen molar-refractivity contribution in [2.45, 2.75) is 19.8 Å². The number of guanidine groups is 1. The number of piperazine rings is 1. The predicted octanol–water partition coefficient (Wildman–Crippen LogP) is 2.18. The maximum atomic E-state index is 4.39. The molecule has 0 spiro atoms. The van der Waals surface area contributed by atoms with Gasteiger partial charge in [0.05, 0.1) is 0 Å². The Kier molecular flexibility index (Phi) is 5.71. The van der Waals surface area contributed by atoms with Crippen LogP contribution < -0.4 is 10.2 Å². The first-order valence-corrected chi connectivity index (χ1v) is 7.60. The number of hydrogen-bond acceptors (Lipinski definition) is 2. The molecule has 0 aliphatic carbocycles. The Morgan fingerprint density at radius 3 is 2.45 bits per heavy atom. The molecule has 1 aliphatic rings. The molecule has 1 fully saturated rings. The predicted molar refractivity (Wildman–Crippen MR) is 86.5 cm³/mol. The van der Waals surface area contributed by atoms with Crippen LogP contribution in [0.3, 0.4) is 0 Å². The number of unbranched alkanes of at least 4 members (excludes halogenated alkanes) is 1. The first-order chi connectivity index (χ1) is 9.85. The molecule has 4 nitrogen and oxygen atoms in total. The van der Waals surface area contributed by atoms with Crippen molar-refractivity contribution in [2.75, 3.05) is 44.7 Å². The lowest BCUT2D eigenvalue weighted by Gasteiger charge is -2.37. The average molecular weight is 274 g/mol. The molecule has 1 aromatic carbocycles. The third kappa shape index (κ3) is 3.89. The second kappa shape index (κ2) is 7.78. The number of nitrogens with zero attached hydrogens (tertiary/aromatic N) is 3. The van der Waals surface area contributed by atoms with Gasteiger partial charge in [0, 0.05) is 45.5 Å². The number of hydrogen-bond donors (Lipinski definition) is 1. The Bertz CT molecular complexity index is 408. The molecule has 0 saturated carbocycles. The van der Waals surface area contributed by atoms with Crippen LogP contribution >= 0.6 is 0 Å². The summed E-state index contributed by atoms with van der Waals surface area (Å²) in [5.74, 6) is 1.05. The monoisotopic (exact) mass is 274 g/mol. The quantitative estimate of drug-likeness (QED) is 0.519. The van der Waals surface area contributed by atoms with E-state index in [0.29, 0.717) is 0 Å². The molecule has 0 radical (unpaired) electrons. The smallest absolute Gasteiger partial charge is 0.193 e. The summed E-state index contributed by atoms with van der Waals surface area (Å²) in [5.41, 5.74) is 1.32. The second-order valence-corrected chi connectivity index (χ2v) is 5.14. The van der Waals surface area contributed by atoms with Gasteiger partial charge in [-0.3, -0.25) is 4.99 Å². The van der Waals surface area contributed by atoms with Crippen molar-refractivity contribution >= 4 is 11.6 Å². The van der Waals surface area contributed by atoms with Crippen molar-refractivity contribution in [3.8, 4) is 0 Å². The van der Waals surface area contributed by atoms with Gasteiger partial charge in [0.1, 0.15) is 0 Å². The number of anilines is 1. The average Bonchev–Trinajstić information content (AvgIpc) is 2.53. The van der Waals surface area contributed by atoms with Crippen LogP contribution in [0.15, 0.2) is 35.3 Å². The molecule has 1 aliphatic heterocycles. The van der Waals surface area contributed by atoms with E-state index in [9.17, 15) is 0 Å². The SMILES string of the molecule is CCCCNC(=NC)N1CCN(c2ccccc2)CC1. The van der Waals surface area contributed by atoms with Gasteiger partial charge >= 0.3 is 0 Å². The van der Waals surface area contributed by atoms with Gasteiger partial charge < -0.3 is 15.1 Å². The van der Waals surface area contributed by atoms with Crippen molar-refractivity contribution in [1.29, 1.82) is 0 Å². The summed E-state index contributed by atoms with van der Waals surface area (Å²) in [6.07, 6.45) is 2.41. The number of nitrogens with one attached hydrogen (secondary N) is 1. The van der Waals surface area contributed by atoms with Crippen LogP contribution in [0.4, 0.5) is 5.69 Å². The third-order valence-corrected chi connectivity index (χ3v) is 3.73. The van der Waals surface area contributed by atoms with E-state index in [1.165, 1.54) is 18.5 Å². The van der Waals surface area contributed by atoms with Crippen molar-refractivity contribution in [1.82, 2.24) is 10.2 Å². The van der Waals surface area contributed by atoms with E-state index in [1.54, 1.807) is 0 Å². The van der Waals surface area contributed by atoms with Gasteiger partial charge in [-0.1, -0.05) is 31.5 Å². The normalized spacial score (nSPS) is 16.4. The number of rotatable bonds is 4. The Morgan fingerprint density at radius 2 is 1.85 bits per heavy atom. The summed E-state index contributed by atoms with van der Waals surface area (Å²) in [5, 5.41) is 3.45. The first-order valence-electron chi connectivity index (χ1n) is 7.60. The minimum Gasteiger partial charge on any atom is -0.368 e. The Labute approximate surface area is 122 Å². The molecule has 0 bridgehead atoms. The molecule has 110 valence electrons. The topological polar surface area (TPSA) is 30.9 Å². The molecule has 0 amide bonds. The molecule has 1 heterocycles. The highest BCUT2D eigenvalue weighted by atomic mass is 15.3. The molecule has 2 rings (SSSR count). The van der Waals surface area contributed by atoms with E-state index in [4.69, 9.17) is 0 Å². The fourth-order valence-corrected chi connectivity index (χ4v) is 2.52. The van der Waals surface area contributed by atoms with Crippen molar-refractivity contribution < 1.29 is 0 Å². The van der Waals surface area contributed by atoms with E-state index in [0.717, 1.165) is 38.7 Å². The van der Waals surface area contributed by atoms with Crippen LogP contribution in [0.2, 0.25) is 0 Å². The van der Waals surface area contributed by atoms with E-state index in [-0.39, 0.29) is 0 Å². The van der Waals surface area contributed by atoms with Gasteiger partial charge in [-0.25, -0.2) is 0 Å². The largest absolute Gasteiger partial charge is 0.368 e. The molecule has 0 aromatic heterocycles. The highest BCUT2D eigenvalue weighted by molar-refractivity contribution is 5.80. The highest BCUT2D eigenvalue weighted by Gasteiger charge is 2.19. The van der Waals surface area contributed by atoms with Crippen molar-refractivity contribution in [3.63, 3.8) is 0 Å². The molecule has 0 atom stereocenters. The Hall–Kier alpha value is -1.71. The van der Waals surface area contributed by atoms with E-state index in [2.05, 4.69) is 57.4 Å². The van der Waals surface area contributed by atoms with Crippen LogP contribution in [0.25, 0.3) is 0 Å². The van der Waals surface area contributed by atoms with Gasteiger partial charge in [0.2, 0.25) is 0 Å². The Morgan fingerprint density at radius 1 is 1.15 bits per heavy atom. The van der Waals surface area contributed by atoms with E-state index >= 15 is 0 Å². The minimum absolute atomic E-state index is 1.02. The van der Waals surface area contributed by atoms with Crippen LogP contribution in [-0.4, -0.2) is 50.6 Å².